The van der Waals surface area contributed by atoms with Crippen LogP contribution in [0.5, 0.6) is 0 Å². The van der Waals surface area contributed by atoms with Crippen LogP contribution in [0.2, 0.25) is 0 Å². The summed E-state index contributed by atoms with van der Waals surface area (Å²) in [6.07, 6.45) is 4.94. The second-order valence-corrected chi connectivity index (χ2v) is 3.53. The van der Waals surface area contributed by atoms with Crippen LogP contribution in [0.25, 0.3) is 12.2 Å². The molecule has 0 atom stereocenters. The predicted octanol–water partition coefficient (Wildman–Crippen LogP) is 3.67. The van der Waals surface area contributed by atoms with E-state index >= 15 is 0 Å². The molecule has 1 heteroatoms. The summed E-state index contributed by atoms with van der Waals surface area (Å²) in [6.45, 7) is 0. The Hall–Kier alpha value is -2.15. The molecule has 0 saturated carbocycles. The SMILES string of the molecule is O=Cc1ccc(/C=C\c2ccccc2)cc1. The van der Waals surface area contributed by atoms with Crippen molar-refractivity contribution < 1.29 is 4.79 Å². The maximum Gasteiger partial charge on any atom is 0.150 e. The number of aldehydes is 1. The van der Waals surface area contributed by atoms with E-state index in [4.69, 9.17) is 0 Å². The maximum atomic E-state index is 10.5. The van der Waals surface area contributed by atoms with E-state index in [0.717, 1.165) is 11.8 Å². The molecule has 0 N–H and O–H groups in total. The molecule has 0 heterocycles. The van der Waals surface area contributed by atoms with Gasteiger partial charge in [0.15, 0.2) is 0 Å². The first kappa shape index (κ1) is 10.4. The highest BCUT2D eigenvalue weighted by molar-refractivity contribution is 5.76. The van der Waals surface area contributed by atoms with Crippen LogP contribution in [-0.4, -0.2) is 6.29 Å². The van der Waals surface area contributed by atoms with E-state index in [1.807, 2.05) is 48.5 Å². The summed E-state index contributed by atoms with van der Waals surface area (Å²) in [5.74, 6) is 0. The van der Waals surface area contributed by atoms with Crippen LogP contribution in [0, 0.1) is 0 Å². The van der Waals surface area contributed by atoms with Gasteiger partial charge in [0.1, 0.15) is 6.29 Å². The highest BCUT2D eigenvalue weighted by atomic mass is 16.1. The van der Waals surface area contributed by atoms with Crippen molar-refractivity contribution >= 4 is 18.4 Å². The van der Waals surface area contributed by atoms with Crippen LogP contribution in [0.15, 0.2) is 54.6 Å². The van der Waals surface area contributed by atoms with Gasteiger partial charge in [0.25, 0.3) is 0 Å². The lowest BCUT2D eigenvalue weighted by Crippen LogP contribution is -1.78. The number of carbonyl (C=O) groups is 1. The molecule has 0 fully saturated rings. The minimum atomic E-state index is 0.705. The molecule has 78 valence electrons. The number of benzene rings is 2. The smallest absolute Gasteiger partial charge is 0.150 e. The molecule has 2 rings (SSSR count). The summed E-state index contributed by atoms with van der Waals surface area (Å²) in [6, 6.07) is 17.6. The van der Waals surface area contributed by atoms with Crippen molar-refractivity contribution in [3.63, 3.8) is 0 Å². The number of rotatable bonds is 3. The molecule has 0 unspecified atom stereocenters. The van der Waals surface area contributed by atoms with Crippen molar-refractivity contribution in [3.8, 4) is 0 Å². The van der Waals surface area contributed by atoms with Gasteiger partial charge in [0.2, 0.25) is 0 Å². The summed E-state index contributed by atoms with van der Waals surface area (Å²) in [7, 11) is 0. The molecule has 0 radical (unpaired) electrons. The molecule has 2 aromatic carbocycles. The molecule has 0 aliphatic heterocycles. The van der Waals surface area contributed by atoms with Crippen LogP contribution in [0.4, 0.5) is 0 Å². The normalized spacial score (nSPS) is 10.5. The van der Waals surface area contributed by atoms with Crippen molar-refractivity contribution in [1.82, 2.24) is 0 Å². The first-order valence-electron chi connectivity index (χ1n) is 5.17. The largest absolute Gasteiger partial charge is 0.298 e. The topological polar surface area (TPSA) is 17.1 Å². The van der Waals surface area contributed by atoms with Crippen molar-refractivity contribution in [2.75, 3.05) is 0 Å². The summed E-state index contributed by atoms with van der Waals surface area (Å²) in [5.41, 5.74) is 2.97. The van der Waals surface area contributed by atoms with Crippen LogP contribution >= 0.6 is 0 Å². The Bertz CT molecular complexity index is 481. The monoisotopic (exact) mass is 208 g/mol. The summed E-state index contributed by atoms with van der Waals surface area (Å²) in [5, 5.41) is 0. The van der Waals surface area contributed by atoms with Gasteiger partial charge in [-0.05, 0) is 11.1 Å². The lowest BCUT2D eigenvalue weighted by Gasteiger charge is -1.94. The summed E-state index contributed by atoms with van der Waals surface area (Å²) in [4.78, 5) is 10.5. The number of hydrogen-bond donors (Lipinski definition) is 0. The molecule has 1 nitrogen and oxygen atoms in total. The van der Waals surface area contributed by atoms with Gasteiger partial charge >= 0.3 is 0 Å². The Morgan fingerprint density at radius 2 is 1.12 bits per heavy atom. The van der Waals surface area contributed by atoms with Gasteiger partial charge in [0, 0.05) is 5.56 Å². The fourth-order valence-electron chi connectivity index (χ4n) is 1.44. The van der Waals surface area contributed by atoms with Crippen molar-refractivity contribution in [2.45, 2.75) is 0 Å². The average Bonchev–Trinajstić information content (AvgIpc) is 2.38. The Kier molecular flexibility index (Phi) is 3.29. The lowest BCUT2D eigenvalue weighted by atomic mass is 10.1. The van der Waals surface area contributed by atoms with E-state index in [0.29, 0.717) is 5.56 Å². The molecular weight excluding hydrogens is 196 g/mol. The molecule has 0 bridgehead atoms. The van der Waals surface area contributed by atoms with E-state index in [1.165, 1.54) is 5.56 Å². The van der Waals surface area contributed by atoms with Crippen molar-refractivity contribution in [3.05, 3.63) is 71.3 Å². The Morgan fingerprint density at radius 1 is 0.625 bits per heavy atom. The molecule has 0 aliphatic carbocycles. The quantitative estimate of drug-likeness (QED) is 0.555. The number of carbonyl (C=O) groups excluding carboxylic acids is 1. The fraction of sp³-hybridized carbons (Fsp3) is 0. The predicted molar refractivity (Wildman–Crippen MR) is 67.2 cm³/mol. The van der Waals surface area contributed by atoms with Crippen LogP contribution in [0.1, 0.15) is 21.5 Å². The van der Waals surface area contributed by atoms with Gasteiger partial charge in [-0.3, -0.25) is 4.79 Å². The lowest BCUT2D eigenvalue weighted by molar-refractivity contribution is 0.112. The summed E-state index contributed by atoms with van der Waals surface area (Å²) < 4.78 is 0. The molecule has 0 spiro atoms. The van der Waals surface area contributed by atoms with Gasteiger partial charge in [-0.15, -0.1) is 0 Å². The second-order valence-electron chi connectivity index (χ2n) is 3.53. The van der Waals surface area contributed by atoms with Gasteiger partial charge < -0.3 is 0 Å². The molecule has 0 amide bonds. The van der Waals surface area contributed by atoms with E-state index in [1.54, 1.807) is 0 Å². The molecule has 16 heavy (non-hydrogen) atoms. The molecule has 0 saturated heterocycles. The van der Waals surface area contributed by atoms with E-state index < -0.39 is 0 Å². The third-order valence-electron chi connectivity index (χ3n) is 2.34. The van der Waals surface area contributed by atoms with E-state index in [-0.39, 0.29) is 0 Å². The van der Waals surface area contributed by atoms with Gasteiger partial charge in [-0.25, -0.2) is 0 Å². The zero-order valence-corrected chi connectivity index (χ0v) is 8.84. The third kappa shape index (κ3) is 2.67. The number of hydrogen-bond acceptors (Lipinski definition) is 1. The fourth-order valence-corrected chi connectivity index (χ4v) is 1.44. The molecular formula is C15H12O. The minimum absolute atomic E-state index is 0.705. The van der Waals surface area contributed by atoms with Crippen LogP contribution < -0.4 is 0 Å². The van der Waals surface area contributed by atoms with Gasteiger partial charge in [-0.1, -0.05) is 66.7 Å². The molecule has 2 aromatic rings. The zero-order valence-electron chi connectivity index (χ0n) is 8.84. The third-order valence-corrected chi connectivity index (χ3v) is 2.34. The van der Waals surface area contributed by atoms with E-state index in [9.17, 15) is 4.79 Å². The molecule has 0 aromatic heterocycles. The van der Waals surface area contributed by atoms with Crippen LogP contribution in [-0.2, 0) is 0 Å². The molecule has 0 aliphatic rings. The van der Waals surface area contributed by atoms with Crippen LogP contribution in [0.3, 0.4) is 0 Å². The maximum absolute atomic E-state index is 10.5. The minimum Gasteiger partial charge on any atom is -0.298 e. The standard InChI is InChI=1S/C15H12O/c16-12-15-10-8-14(9-11-15)7-6-13-4-2-1-3-5-13/h1-12H/b7-6-. The van der Waals surface area contributed by atoms with Crippen molar-refractivity contribution in [2.24, 2.45) is 0 Å². The van der Waals surface area contributed by atoms with E-state index in [2.05, 4.69) is 18.2 Å². The van der Waals surface area contributed by atoms with Gasteiger partial charge in [0.05, 0.1) is 0 Å². The Morgan fingerprint density at radius 3 is 1.69 bits per heavy atom. The second kappa shape index (κ2) is 5.08. The Labute approximate surface area is 95.1 Å². The summed E-state index contributed by atoms with van der Waals surface area (Å²) >= 11 is 0. The highest BCUT2D eigenvalue weighted by Gasteiger charge is 1.89. The van der Waals surface area contributed by atoms with Crippen molar-refractivity contribution in [1.29, 1.82) is 0 Å². The Balaban J connectivity index is 2.14. The first-order valence-corrected chi connectivity index (χ1v) is 5.17. The average molecular weight is 208 g/mol. The highest BCUT2D eigenvalue weighted by Crippen LogP contribution is 2.08. The first-order chi connectivity index (χ1) is 7.88. The zero-order chi connectivity index (χ0) is 11.2. The van der Waals surface area contributed by atoms with Gasteiger partial charge in [-0.2, -0.15) is 0 Å².